The molecule has 27 rings (SSSR count). The molecule has 0 radical (unpaired) electrons. The first-order valence-corrected chi connectivity index (χ1v) is 42.2. The van der Waals surface area contributed by atoms with Crippen molar-refractivity contribution in [2.45, 2.75) is 32.7 Å². The van der Waals surface area contributed by atoms with Gasteiger partial charge in [-0.1, -0.05) is 218 Å². The van der Waals surface area contributed by atoms with Gasteiger partial charge in [-0.15, -0.1) is 46.8 Å². The van der Waals surface area contributed by atoms with Crippen LogP contribution in [0.15, 0.2) is 319 Å². The van der Waals surface area contributed by atoms with Gasteiger partial charge in [-0.05, 0) is 82.4 Å². The molecule has 132 heavy (non-hydrogen) atoms. The molecule has 0 atom stereocenters. The number of hydrogen-bond donors (Lipinski definition) is 0. The molecule has 0 bridgehead atoms. The zero-order valence-corrected chi connectivity index (χ0v) is 69.7. The van der Waals surface area contributed by atoms with Crippen molar-refractivity contribution in [3.05, 3.63) is 423 Å². The lowest BCUT2D eigenvalue weighted by atomic mass is 10.00. The van der Waals surface area contributed by atoms with Crippen molar-refractivity contribution in [1.82, 2.24) is 23.4 Å². The standard InChI is InChI=1S/2C22H11N4O.3C22H13N4/c1-24-18-9-7-13(10-23)17-12-25-11-14-6-8-16-15-4-2-3-5-19(15)27-22(16)20(14)26(25)21(17)18;1-24-18-7-6-13(10-23)17-12-25-11-14-8-16-15-4-2-3-5-20(15)27-21(16)9-19(14)26(25)22(17)18;1-24-20-11-10-16(12-23)19-14-25-13-17-8-5-9-18(15-6-3-2-4-7-15)21(17)26(25)22(19)20;1-24-20-9-7-17(12-23)19-14-25-13-18-11-16(15-5-3-2-4-6-15)8-10-21(18)26(25)22(19)20;1-24-20-10-9-17(12-23)19-14-25-13-18-8-7-16(15-5-3-2-4-6-15)11-21(18)26(25)22(19)20/h2*2-9,12H,11H2;3*2-11,14H,13H2/q5*+1. The van der Waals surface area contributed by atoms with E-state index in [2.05, 4.69) is 213 Å². The molecule has 0 spiro atoms. The van der Waals surface area contributed by atoms with Gasteiger partial charge < -0.3 is 8.83 Å². The van der Waals surface area contributed by atoms with Crippen molar-refractivity contribution in [2.75, 3.05) is 0 Å². The minimum absolute atomic E-state index is 0.531. The highest BCUT2D eigenvalue weighted by molar-refractivity contribution is 6.10. The van der Waals surface area contributed by atoms with Gasteiger partial charge in [0.2, 0.25) is 59.4 Å². The zero-order valence-electron chi connectivity index (χ0n) is 69.7. The van der Waals surface area contributed by atoms with E-state index >= 15 is 0 Å². The van der Waals surface area contributed by atoms with Gasteiger partial charge in [0.15, 0.2) is 44.0 Å². The van der Waals surface area contributed by atoms with Crippen LogP contribution in [0, 0.1) is 89.5 Å². The van der Waals surface area contributed by atoms with Gasteiger partial charge in [-0.2, -0.15) is 26.3 Å². The number of para-hydroxylation sites is 3. The average molecular weight is 1690 g/mol. The fraction of sp³-hybridized carbons (Fsp3) is 0.0455. The molecule has 608 valence electrons. The third kappa shape index (κ3) is 11.9. The number of nitriles is 5. The summed E-state index contributed by atoms with van der Waals surface area (Å²) in [5, 5.41) is 55.7. The van der Waals surface area contributed by atoms with Crippen molar-refractivity contribution in [2.24, 2.45) is 0 Å². The van der Waals surface area contributed by atoms with Gasteiger partial charge in [-0.3, -0.25) is 0 Å². The van der Waals surface area contributed by atoms with E-state index in [4.69, 9.17) is 41.7 Å². The second kappa shape index (κ2) is 30.5. The largest absolute Gasteiger partial charge is 0.456 e. The Hall–Kier alpha value is -19.8. The predicted octanol–water partition coefficient (Wildman–Crippen LogP) is 22.3. The van der Waals surface area contributed by atoms with Crippen molar-refractivity contribution in [1.29, 1.82) is 26.3 Å². The number of rotatable bonds is 3. The number of aromatic nitrogens is 10. The highest BCUT2D eigenvalue weighted by Crippen LogP contribution is 2.45. The lowest BCUT2D eigenvalue weighted by molar-refractivity contribution is -0.749. The number of fused-ring (bicyclic) bond motifs is 32. The second-order valence-electron chi connectivity index (χ2n) is 32.5. The molecule has 5 aliphatic rings. The van der Waals surface area contributed by atoms with E-state index in [0.29, 0.717) is 69.3 Å². The third-order valence-corrected chi connectivity index (χ3v) is 25.5. The summed E-state index contributed by atoms with van der Waals surface area (Å²) in [6.07, 6.45) is 9.85. The molecule has 0 saturated carbocycles. The SMILES string of the molecule is [C-]#[N+]c1ccc(C#N)c2c[n+]3n(c12)-c1c(ccc2c1oc1ccccc12)C3.[C-]#[N+]c1ccc(C#N)c2c[n+]3n(c12)-c1c(cccc1-c1ccccc1)C3.[C-]#[N+]c1ccc(C#N)c2c[n+]3n(c12)-c1cc(-c2ccccc2)ccc1C3.[C-]#[N+]c1ccc(C#N)c2c[n+]3n(c12)-c1cc2oc4ccccc4c2cc1C3.[C-]#[N+]c1ccc(C#N)c2c[n+]3n(c12)-c1ccc(-c2ccccc2)cc1C3. The van der Waals surface area contributed by atoms with E-state index in [1.165, 1.54) is 33.4 Å². The van der Waals surface area contributed by atoms with Gasteiger partial charge >= 0.3 is 0 Å². The highest BCUT2D eigenvalue weighted by atomic mass is 16.3. The first kappa shape index (κ1) is 77.0. The molecule has 22 aromatic rings. The Kier molecular flexibility index (Phi) is 17.8. The summed E-state index contributed by atoms with van der Waals surface area (Å²) >= 11 is 0. The normalized spacial score (nSPS) is 11.9. The Morgan fingerprint density at radius 3 is 1.09 bits per heavy atom. The molecule has 12 heterocycles. The molecule has 0 aliphatic carbocycles. The molecular formula is C110H61N20O2+5. The Bertz CT molecular complexity index is 9350. The van der Waals surface area contributed by atoms with Gasteiger partial charge in [0, 0.05) is 55.4 Å². The smallest absolute Gasteiger partial charge is 0.217 e. The molecular weight excluding hydrogens is 1630 g/mol. The number of furan rings is 2. The van der Waals surface area contributed by atoms with Gasteiger partial charge in [0.1, 0.15) is 67.1 Å². The maximum Gasteiger partial charge on any atom is 0.217 e. The fourth-order valence-electron chi connectivity index (χ4n) is 19.6. The van der Waals surface area contributed by atoms with Crippen LogP contribution in [0.5, 0.6) is 0 Å². The summed E-state index contributed by atoms with van der Waals surface area (Å²) in [7, 11) is 0. The average Bonchev–Trinajstić information content (AvgIpc) is 1.56. The van der Waals surface area contributed by atoms with Crippen LogP contribution in [-0.2, 0) is 32.7 Å². The van der Waals surface area contributed by atoms with Gasteiger partial charge in [-0.25, -0.2) is 24.2 Å². The molecule has 0 fully saturated rings. The van der Waals surface area contributed by atoms with Crippen molar-refractivity contribution < 1.29 is 32.2 Å². The number of hydrogen-bond acceptors (Lipinski definition) is 7. The second-order valence-corrected chi connectivity index (χ2v) is 32.5. The fourth-order valence-corrected chi connectivity index (χ4v) is 19.6. The molecule has 0 unspecified atom stereocenters. The van der Waals surface area contributed by atoms with Crippen LogP contribution in [-0.4, -0.2) is 23.4 Å². The van der Waals surface area contributed by atoms with Crippen LogP contribution in [0.4, 0.5) is 28.4 Å². The third-order valence-electron chi connectivity index (χ3n) is 25.5. The van der Waals surface area contributed by atoms with Gasteiger partial charge in [0.25, 0.3) is 0 Å². The van der Waals surface area contributed by atoms with Crippen molar-refractivity contribution in [3.63, 3.8) is 0 Å². The summed E-state index contributed by atoms with van der Waals surface area (Å²) in [5.74, 6) is 0. The van der Waals surface area contributed by atoms with Crippen LogP contribution in [0.2, 0.25) is 0 Å². The van der Waals surface area contributed by atoms with Crippen LogP contribution in [0.3, 0.4) is 0 Å². The predicted molar refractivity (Wildman–Crippen MR) is 499 cm³/mol. The maximum absolute atomic E-state index is 9.49. The highest BCUT2D eigenvalue weighted by Gasteiger charge is 2.39. The first-order chi connectivity index (χ1) is 65.0. The zero-order chi connectivity index (χ0) is 89.3. The summed E-state index contributed by atoms with van der Waals surface area (Å²) in [6.45, 7) is 41.3. The first-order valence-electron chi connectivity index (χ1n) is 42.2. The van der Waals surface area contributed by atoms with Crippen molar-refractivity contribution in [3.8, 4) is 92.2 Å². The Morgan fingerprint density at radius 2 is 0.614 bits per heavy atom. The Morgan fingerprint density at radius 1 is 0.250 bits per heavy atom. The summed E-state index contributed by atoms with van der Waals surface area (Å²) < 4.78 is 32.9. The van der Waals surface area contributed by atoms with Crippen LogP contribution < -0.4 is 23.4 Å². The summed E-state index contributed by atoms with van der Waals surface area (Å²) in [5.41, 5.74) is 31.1. The minimum Gasteiger partial charge on any atom is -0.456 e. The van der Waals surface area contributed by atoms with Crippen LogP contribution in [0.1, 0.15) is 55.6 Å². The van der Waals surface area contributed by atoms with E-state index in [0.717, 1.165) is 174 Å². The van der Waals surface area contributed by atoms with E-state index in [9.17, 15) is 26.3 Å². The molecule has 0 N–H and O–H groups in total. The van der Waals surface area contributed by atoms with E-state index in [-0.39, 0.29) is 0 Å². The van der Waals surface area contributed by atoms with Crippen LogP contribution >= 0.6 is 0 Å². The topological polar surface area (TPSA) is 211 Å². The van der Waals surface area contributed by atoms with Crippen LogP contribution in [0.25, 0.3) is 184 Å². The molecule has 5 aliphatic heterocycles. The quantitative estimate of drug-likeness (QED) is 0.123. The minimum atomic E-state index is 0.531. The molecule has 0 amide bonds. The number of benzene rings is 15. The molecule has 22 heteroatoms. The lowest BCUT2D eigenvalue weighted by Crippen LogP contribution is -2.36. The van der Waals surface area contributed by atoms with Gasteiger partial charge in [0.05, 0.1) is 124 Å². The molecule has 0 saturated heterocycles. The van der Waals surface area contributed by atoms with E-state index < -0.39 is 0 Å². The summed E-state index contributed by atoms with van der Waals surface area (Å²) in [6, 6.07) is 103. The Labute approximate surface area is 751 Å². The monoisotopic (exact) mass is 1690 g/mol. The summed E-state index contributed by atoms with van der Waals surface area (Å²) in [4.78, 5) is 18.4. The Balaban J connectivity index is 0.0000000936. The van der Waals surface area contributed by atoms with E-state index in [1.807, 2.05) is 137 Å². The lowest BCUT2D eigenvalue weighted by Gasteiger charge is -2.08. The molecule has 7 aromatic heterocycles. The van der Waals surface area contributed by atoms with E-state index in [1.54, 1.807) is 60.7 Å². The molecule has 15 aromatic carbocycles. The maximum atomic E-state index is 9.49. The van der Waals surface area contributed by atoms with Crippen molar-refractivity contribution >= 4 is 127 Å². The molecule has 22 nitrogen and oxygen atoms in total. The number of nitrogens with zero attached hydrogens (tertiary/aromatic N) is 20.